The molecular weight excluding hydrogens is 258 g/mol. The highest BCUT2D eigenvalue weighted by atomic mass is 16.5. The first-order valence-corrected chi connectivity index (χ1v) is 6.29. The molecular formula is C15H15NO4. The van der Waals surface area contributed by atoms with E-state index in [1.165, 1.54) is 19.9 Å². The zero-order chi connectivity index (χ0) is 14.9. The Morgan fingerprint density at radius 1 is 1.15 bits per heavy atom. The number of ether oxygens (including phenoxy) is 1. The van der Waals surface area contributed by atoms with Crippen LogP contribution in [0.2, 0.25) is 0 Å². The van der Waals surface area contributed by atoms with E-state index >= 15 is 0 Å². The van der Waals surface area contributed by atoms with E-state index in [-0.39, 0.29) is 18.2 Å². The van der Waals surface area contributed by atoms with Gasteiger partial charge in [0.15, 0.2) is 11.6 Å². The molecule has 0 aliphatic rings. The first kappa shape index (κ1) is 14.0. The van der Waals surface area contributed by atoms with E-state index in [9.17, 15) is 14.4 Å². The number of esters is 1. The smallest absolute Gasteiger partial charge is 0.340 e. The van der Waals surface area contributed by atoms with Gasteiger partial charge in [-0.2, -0.15) is 0 Å². The van der Waals surface area contributed by atoms with Crippen molar-refractivity contribution in [3.63, 3.8) is 0 Å². The number of carbonyl (C=O) groups is 3. The molecule has 0 saturated heterocycles. The van der Waals surface area contributed by atoms with Crippen LogP contribution in [0.4, 0.5) is 0 Å². The molecule has 0 N–H and O–H groups in total. The van der Waals surface area contributed by atoms with Crippen LogP contribution >= 0.6 is 0 Å². The van der Waals surface area contributed by atoms with Crippen molar-refractivity contribution in [2.24, 2.45) is 0 Å². The molecule has 2 rings (SSSR count). The number of rotatable bonds is 4. The topological polar surface area (TPSA) is 64.8 Å². The third-order valence-electron chi connectivity index (χ3n) is 3.03. The van der Waals surface area contributed by atoms with Crippen molar-refractivity contribution < 1.29 is 19.1 Å². The maximum absolute atomic E-state index is 11.9. The third kappa shape index (κ3) is 2.34. The van der Waals surface area contributed by atoms with Crippen LogP contribution in [0.25, 0.3) is 5.52 Å². The fourth-order valence-electron chi connectivity index (χ4n) is 2.06. The summed E-state index contributed by atoms with van der Waals surface area (Å²) in [5, 5.41) is 0. The van der Waals surface area contributed by atoms with Crippen molar-refractivity contribution in [2.75, 3.05) is 6.61 Å². The maximum Gasteiger partial charge on any atom is 0.340 e. The third-order valence-corrected chi connectivity index (χ3v) is 3.03. The molecule has 0 aliphatic carbocycles. The molecule has 5 nitrogen and oxygen atoms in total. The SMILES string of the molecule is CCOC(=O)c1cc(C(C)=O)n2ccc(C(C)=O)cc12. The van der Waals surface area contributed by atoms with Gasteiger partial charge in [0, 0.05) is 18.7 Å². The van der Waals surface area contributed by atoms with E-state index < -0.39 is 5.97 Å². The van der Waals surface area contributed by atoms with Gasteiger partial charge in [-0.25, -0.2) is 4.79 Å². The van der Waals surface area contributed by atoms with Crippen LogP contribution in [0.15, 0.2) is 24.4 Å². The van der Waals surface area contributed by atoms with Gasteiger partial charge in [0.2, 0.25) is 0 Å². The normalized spacial score (nSPS) is 10.6. The molecule has 2 aromatic rings. The van der Waals surface area contributed by atoms with Crippen LogP contribution < -0.4 is 0 Å². The molecule has 0 aliphatic heterocycles. The van der Waals surface area contributed by atoms with E-state index in [4.69, 9.17) is 4.74 Å². The summed E-state index contributed by atoms with van der Waals surface area (Å²) >= 11 is 0. The van der Waals surface area contributed by atoms with Gasteiger partial charge < -0.3 is 9.14 Å². The minimum absolute atomic E-state index is 0.104. The number of Topliss-reactive ketones (excluding diaryl/α,β-unsaturated/α-hetero) is 2. The largest absolute Gasteiger partial charge is 0.462 e. The first-order valence-electron chi connectivity index (χ1n) is 6.29. The second-order valence-corrected chi connectivity index (χ2v) is 4.45. The van der Waals surface area contributed by atoms with Crippen LogP contribution in [0.5, 0.6) is 0 Å². The predicted octanol–water partition coefficient (Wildman–Crippen LogP) is 2.52. The molecule has 2 heterocycles. The average molecular weight is 273 g/mol. The summed E-state index contributed by atoms with van der Waals surface area (Å²) in [7, 11) is 0. The van der Waals surface area contributed by atoms with Gasteiger partial charge in [-0.15, -0.1) is 0 Å². The van der Waals surface area contributed by atoms with Crippen molar-refractivity contribution in [1.29, 1.82) is 0 Å². The molecule has 0 spiro atoms. The zero-order valence-corrected chi connectivity index (χ0v) is 11.6. The summed E-state index contributed by atoms with van der Waals surface area (Å²) in [5.74, 6) is -0.766. The Balaban J connectivity index is 2.72. The average Bonchev–Trinajstić information content (AvgIpc) is 2.77. The molecule has 0 fully saturated rings. The lowest BCUT2D eigenvalue weighted by atomic mass is 10.1. The van der Waals surface area contributed by atoms with Crippen LogP contribution in [0.3, 0.4) is 0 Å². The summed E-state index contributed by atoms with van der Waals surface area (Å²) in [4.78, 5) is 35.0. The summed E-state index contributed by atoms with van der Waals surface area (Å²) < 4.78 is 6.58. The van der Waals surface area contributed by atoms with Crippen molar-refractivity contribution in [3.05, 3.63) is 41.2 Å². The fraction of sp³-hybridized carbons (Fsp3) is 0.267. The lowest BCUT2D eigenvalue weighted by Crippen LogP contribution is -2.04. The Bertz CT molecular complexity index is 712. The lowest BCUT2D eigenvalue weighted by molar-refractivity contribution is 0.0528. The second-order valence-electron chi connectivity index (χ2n) is 4.45. The van der Waals surface area contributed by atoms with E-state index in [1.807, 2.05) is 0 Å². The van der Waals surface area contributed by atoms with Crippen molar-refractivity contribution in [1.82, 2.24) is 4.40 Å². The van der Waals surface area contributed by atoms with Gasteiger partial charge in [0.25, 0.3) is 0 Å². The molecule has 104 valence electrons. The van der Waals surface area contributed by atoms with E-state index in [0.717, 1.165) is 0 Å². The molecule has 20 heavy (non-hydrogen) atoms. The Kier molecular flexibility index (Phi) is 3.70. The molecule has 0 bridgehead atoms. The van der Waals surface area contributed by atoms with Crippen LogP contribution in [0, 0.1) is 0 Å². The molecule has 0 amide bonds. The molecule has 0 atom stereocenters. The summed E-state index contributed by atoms with van der Waals surface area (Å²) in [6, 6.07) is 4.72. The minimum Gasteiger partial charge on any atom is -0.462 e. The quantitative estimate of drug-likeness (QED) is 0.634. The Labute approximate surface area is 116 Å². The Morgan fingerprint density at radius 3 is 2.40 bits per heavy atom. The molecule has 0 radical (unpaired) electrons. The summed E-state index contributed by atoms with van der Waals surface area (Å²) in [5.41, 5.74) is 1.66. The van der Waals surface area contributed by atoms with Crippen LogP contribution in [-0.2, 0) is 4.74 Å². The minimum atomic E-state index is -0.502. The monoisotopic (exact) mass is 273 g/mol. The Morgan fingerprint density at radius 2 is 1.85 bits per heavy atom. The highest BCUT2D eigenvalue weighted by Crippen LogP contribution is 2.20. The highest BCUT2D eigenvalue weighted by molar-refractivity contribution is 6.04. The zero-order valence-electron chi connectivity index (χ0n) is 11.6. The molecule has 0 saturated carbocycles. The molecule has 0 unspecified atom stereocenters. The van der Waals surface area contributed by atoms with Crippen molar-refractivity contribution in [2.45, 2.75) is 20.8 Å². The van der Waals surface area contributed by atoms with Crippen LogP contribution in [0.1, 0.15) is 52.0 Å². The summed E-state index contributed by atoms with van der Waals surface area (Å²) in [6.07, 6.45) is 1.62. The number of nitrogens with zero attached hydrogens (tertiary/aromatic N) is 1. The van der Waals surface area contributed by atoms with Crippen molar-refractivity contribution in [3.8, 4) is 0 Å². The first-order chi connectivity index (χ1) is 9.45. The number of ketones is 2. The molecule has 5 heteroatoms. The fourth-order valence-corrected chi connectivity index (χ4v) is 2.06. The standard InChI is InChI=1S/C15H15NO4/c1-4-20-15(19)12-8-13(10(3)18)16-6-5-11(9(2)17)7-14(12)16/h5-8H,4H2,1-3H3. The van der Waals surface area contributed by atoms with E-state index in [2.05, 4.69) is 0 Å². The van der Waals surface area contributed by atoms with E-state index in [1.54, 1.807) is 29.7 Å². The number of pyridine rings is 1. The number of hydrogen-bond acceptors (Lipinski definition) is 4. The number of hydrogen-bond donors (Lipinski definition) is 0. The van der Waals surface area contributed by atoms with E-state index in [0.29, 0.717) is 22.3 Å². The predicted molar refractivity (Wildman–Crippen MR) is 73.4 cm³/mol. The maximum atomic E-state index is 11.9. The highest BCUT2D eigenvalue weighted by Gasteiger charge is 2.19. The number of carbonyl (C=O) groups excluding carboxylic acids is 3. The number of aromatic nitrogens is 1. The molecule has 0 aromatic carbocycles. The van der Waals surface area contributed by atoms with Crippen molar-refractivity contribution >= 4 is 23.1 Å². The molecule has 2 aromatic heterocycles. The van der Waals surface area contributed by atoms with Gasteiger partial charge >= 0.3 is 5.97 Å². The van der Waals surface area contributed by atoms with Crippen LogP contribution in [-0.4, -0.2) is 28.5 Å². The lowest BCUT2D eigenvalue weighted by Gasteiger charge is -2.03. The van der Waals surface area contributed by atoms with Gasteiger partial charge in [0.1, 0.15) is 0 Å². The Hall–Kier alpha value is -2.43. The second kappa shape index (κ2) is 5.28. The summed E-state index contributed by atoms with van der Waals surface area (Å²) in [6.45, 7) is 4.83. The van der Waals surface area contributed by atoms with Gasteiger partial charge in [0.05, 0.1) is 23.4 Å². The van der Waals surface area contributed by atoms with Gasteiger partial charge in [-0.3, -0.25) is 9.59 Å². The van der Waals surface area contributed by atoms with Gasteiger partial charge in [-0.1, -0.05) is 0 Å². The number of fused-ring (bicyclic) bond motifs is 1. The van der Waals surface area contributed by atoms with Gasteiger partial charge in [-0.05, 0) is 32.0 Å².